The van der Waals surface area contributed by atoms with Gasteiger partial charge >= 0.3 is 0 Å². The average Bonchev–Trinajstić information content (AvgIpc) is 3.37. The maximum absolute atomic E-state index is 13.4. The lowest BCUT2D eigenvalue weighted by molar-refractivity contribution is 0.0934. The second-order valence-corrected chi connectivity index (χ2v) is 10.9. The maximum Gasteiger partial charge on any atom is 0.251 e. The van der Waals surface area contributed by atoms with Gasteiger partial charge in [-0.2, -0.15) is 0 Å². The van der Waals surface area contributed by atoms with Crippen LogP contribution in [-0.4, -0.2) is 20.7 Å². The highest BCUT2D eigenvalue weighted by Gasteiger charge is 2.25. The zero-order valence-electron chi connectivity index (χ0n) is 20.9. The summed E-state index contributed by atoms with van der Waals surface area (Å²) >= 11 is 5.11. The van der Waals surface area contributed by atoms with Crippen LogP contribution in [-0.2, 0) is 12.2 Å². The Balaban J connectivity index is 1.54. The SMILES string of the molecule is Cc1ccc(-n2c(SCc3ccccc3)nnc2C(Cc2ccccc2)NC(=O)c2cccc(Br)c2)cc1. The number of nitrogens with zero attached hydrogens (tertiary/aromatic N) is 3. The number of benzene rings is 4. The minimum absolute atomic E-state index is 0.163. The summed E-state index contributed by atoms with van der Waals surface area (Å²) in [7, 11) is 0. The molecule has 0 aliphatic rings. The largest absolute Gasteiger partial charge is 0.342 e. The van der Waals surface area contributed by atoms with Crippen molar-refractivity contribution in [1.29, 1.82) is 0 Å². The van der Waals surface area contributed by atoms with E-state index in [2.05, 4.69) is 91.5 Å². The van der Waals surface area contributed by atoms with Crippen LogP contribution < -0.4 is 5.32 Å². The van der Waals surface area contributed by atoms with Gasteiger partial charge in [0.15, 0.2) is 11.0 Å². The summed E-state index contributed by atoms with van der Waals surface area (Å²) in [5, 5.41) is 13.3. The summed E-state index contributed by atoms with van der Waals surface area (Å²) < 4.78 is 2.93. The number of amides is 1. The van der Waals surface area contributed by atoms with E-state index in [4.69, 9.17) is 0 Å². The summed E-state index contributed by atoms with van der Waals surface area (Å²) in [6, 6.07) is 35.8. The van der Waals surface area contributed by atoms with E-state index in [1.54, 1.807) is 11.8 Å². The van der Waals surface area contributed by atoms with Crippen molar-refractivity contribution >= 4 is 33.6 Å². The third-order valence-corrected chi connectivity index (χ3v) is 7.64. The molecule has 0 bridgehead atoms. The second-order valence-electron chi connectivity index (χ2n) is 9.01. The Morgan fingerprint density at radius 1 is 0.868 bits per heavy atom. The Morgan fingerprint density at radius 2 is 1.55 bits per heavy atom. The van der Waals surface area contributed by atoms with E-state index in [0.29, 0.717) is 17.8 Å². The maximum atomic E-state index is 13.4. The van der Waals surface area contributed by atoms with Crippen molar-refractivity contribution in [3.05, 3.63) is 142 Å². The van der Waals surface area contributed by atoms with Crippen molar-refractivity contribution in [3.8, 4) is 5.69 Å². The number of aromatic nitrogens is 3. The van der Waals surface area contributed by atoms with Gasteiger partial charge in [-0.25, -0.2) is 0 Å². The van der Waals surface area contributed by atoms with E-state index in [1.165, 1.54) is 11.1 Å². The average molecular weight is 584 g/mol. The molecule has 0 fully saturated rings. The summed E-state index contributed by atoms with van der Waals surface area (Å²) in [5.41, 5.74) is 5.02. The third kappa shape index (κ3) is 6.41. The molecule has 5 nitrogen and oxygen atoms in total. The third-order valence-electron chi connectivity index (χ3n) is 6.15. The van der Waals surface area contributed by atoms with Crippen LogP contribution in [0.5, 0.6) is 0 Å². The summed E-state index contributed by atoms with van der Waals surface area (Å²) in [6.07, 6.45) is 0.577. The molecule has 7 heteroatoms. The molecule has 0 radical (unpaired) electrons. The molecule has 1 heterocycles. The van der Waals surface area contributed by atoms with Gasteiger partial charge in [-0.15, -0.1) is 10.2 Å². The molecule has 0 saturated carbocycles. The molecule has 0 saturated heterocycles. The second kappa shape index (κ2) is 12.2. The highest BCUT2D eigenvalue weighted by Crippen LogP contribution is 2.29. The number of hydrogen-bond acceptors (Lipinski definition) is 4. The van der Waals surface area contributed by atoms with Gasteiger partial charge in [-0.3, -0.25) is 9.36 Å². The van der Waals surface area contributed by atoms with Crippen molar-refractivity contribution in [2.45, 2.75) is 30.3 Å². The van der Waals surface area contributed by atoms with Gasteiger partial charge in [0.25, 0.3) is 5.91 Å². The lowest BCUT2D eigenvalue weighted by atomic mass is 10.0. The molecule has 0 aliphatic heterocycles. The van der Waals surface area contributed by atoms with Gasteiger partial charge < -0.3 is 5.32 Å². The Labute approximate surface area is 235 Å². The topological polar surface area (TPSA) is 59.8 Å². The van der Waals surface area contributed by atoms with Crippen molar-refractivity contribution < 1.29 is 4.79 Å². The molecule has 5 rings (SSSR count). The van der Waals surface area contributed by atoms with Gasteiger partial charge in [-0.05, 0) is 54.8 Å². The highest BCUT2D eigenvalue weighted by molar-refractivity contribution is 9.10. The predicted molar refractivity (Wildman–Crippen MR) is 157 cm³/mol. The van der Waals surface area contributed by atoms with Gasteiger partial charge in [0, 0.05) is 21.5 Å². The normalized spacial score (nSPS) is 11.7. The van der Waals surface area contributed by atoms with Crippen LogP contribution in [0.15, 0.2) is 119 Å². The van der Waals surface area contributed by atoms with Crippen molar-refractivity contribution in [2.24, 2.45) is 0 Å². The smallest absolute Gasteiger partial charge is 0.251 e. The first kappa shape index (κ1) is 25.9. The Morgan fingerprint density at radius 3 is 2.24 bits per heavy atom. The van der Waals surface area contributed by atoms with Crippen LogP contribution >= 0.6 is 27.7 Å². The van der Waals surface area contributed by atoms with E-state index in [9.17, 15) is 4.79 Å². The lowest BCUT2D eigenvalue weighted by Gasteiger charge is -2.20. The van der Waals surface area contributed by atoms with E-state index >= 15 is 0 Å². The molecule has 38 heavy (non-hydrogen) atoms. The first-order chi connectivity index (χ1) is 18.6. The van der Waals surface area contributed by atoms with E-state index < -0.39 is 6.04 Å². The van der Waals surface area contributed by atoms with Gasteiger partial charge in [0.1, 0.15) is 0 Å². The molecular formula is C31H27BrN4OS. The number of aryl methyl sites for hydroxylation is 1. The van der Waals surface area contributed by atoms with Gasteiger partial charge in [0.2, 0.25) is 0 Å². The Bertz CT molecular complexity index is 1500. The zero-order chi connectivity index (χ0) is 26.3. The molecule has 0 aliphatic carbocycles. The standard InChI is InChI=1S/C31H27BrN4OS/c1-22-15-17-27(18-16-22)36-29(34-35-31(36)38-21-24-11-6-3-7-12-24)28(19-23-9-4-2-5-10-23)33-30(37)25-13-8-14-26(32)20-25/h2-18,20,28H,19,21H2,1H3,(H,33,37). The molecule has 1 atom stereocenters. The number of rotatable bonds is 9. The van der Waals surface area contributed by atoms with Crippen molar-refractivity contribution in [2.75, 3.05) is 0 Å². The quantitative estimate of drug-likeness (QED) is 0.185. The summed E-state index contributed by atoms with van der Waals surface area (Å²) in [6.45, 7) is 2.07. The molecule has 1 aromatic heterocycles. The van der Waals surface area contributed by atoms with Crippen LogP contribution in [0.4, 0.5) is 0 Å². The van der Waals surface area contributed by atoms with E-state index in [0.717, 1.165) is 26.6 Å². The Hall–Kier alpha value is -3.68. The van der Waals surface area contributed by atoms with Crippen molar-refractivity contribution in [1.82, 2.24) is 20.1 Å². The van der Waals surface area contributed by atoms with Crippen LogP contribution in [0, 0.1) is 6.92 Å². The van der Waals surface area contributed by atoms with Crippen LogP contribution in [0.3, 0.4) is 0 Å². The monoisotopic (exact) mass is 582 g/mol. The molecule has 1 N–H and O–H groups in total. The first-order valence-corrected chi connectivity index (χ1v) is 14.1. The van der Waals surface area contributed by atoms with Crippen molar-refractivity contribution in [3.63, 3.8) is 0 Å². The summed E-state index contributed by atoms with van der Waals surface area (Å²) in [4.78, 5) is 13.4. The van der Waals surface area contributed by atoms with Crippen LogP contribution in [0.25, 0.3) is 5.69 Å². The number of halogens is 1. The molecule has 190 valence electrons. The van der Waals surface area contributed by atoms with Crippen LogP contribution in [0.1, 0.15) is 38.9 Å². The van der Waals surface area contributed by atoms with Crippen LogP contribution in [0.2, 0.25) is 0 Å². The number of carbonyl (C=O) groups excluding carboxylic acids is 1. The fraction of sp³-hybridized carbons (Fsp3) is 0.129. The number of nitrogens with one attached hydrogen (secondary N) is 1. The molecule has 1 unspecified atom stereocenters. The fourth-order valence-corrected chi connectivity index (χ4v) is 5.50. The summed E-state index contributed by atoms with van der Waals surface area (Å²) in [5.74, 6) is 1.29. The van der Waals surface area contributed by atoms with Gasteiger partial charge in [-0.1, -0.05) is 112 Å². The zero-order valence-corrected chi connectivity index (χ0v) is 23.3. The number of carbonyl (C=O) groups is 1. The predicted octanol–water partition coefficient (Wildman–Crippen LogP) is 7.34. The number of thioether (sulfide) groups is 1. The molecule has 1 amide bonds. The minimum atomic E-state index is -0.399. The fourth-order valence-electron chi connectivity index (χ4n) is 4.19. The number of hydrogen-bond donors (Lipinski definition) is 1. The Kier molecular flexibility index (Phi) is 8.36. The highest BCUT2D eigenvalue weighted by atomic mass is 79.9. The molecule has 4 aromatic carbocycles. The van der Waals surface area contributed by atoms with E-state index in [1.807, 2.05) is 60.7 Å². The molecule has 5 aromatic rings. The molecular weight excluding hydrogens is 556 g/mol. The lowest BCUT2D eigenvalue weighted by Crippen LogP contribution is -2.32. The van der Waals surface area contributed by atoms with Gasteiger partial charge in [0.05, 0.1) is 6.04 Å². The molecule has 0 spiro atoms. The first-order valence-electron chi connectivity index (χ1n) is 12.4. The van der Waals surface area contributed by atoms with E-state index in [-0.39, 0.29) is 5.91 Å². The minimum Gasteiger partial charge on any atom is -0.342 e.